The predicted molar refractivity (Wildman–Crippen MR) is 66.1 cm³/mol. The zero-order chi connectivity index (χ0) is 15.2. The molecule has 0 saturated carbocycles. The van der Waals surface area contributed by atoms with Crippen LogP contribution < -0.4 is 0 Å². The molecule has 0 unspecified atom stereocenters. The molecule has 0 spiro atoms. The van der Waals surface area contributed by atoms with E-state index in [0.717, 1.165) is 13.1 Å². The number of pyridine rings is 1. The molecule has 8 heteroatoms. The number of carbonyl (C=O) groups excluding carboxylic acids is 1. The molecule has 0 aliphatic rings. The van der Waals surface area contributed by atoms with E-state index in [1.54, 1.807) is 12.1 Å². The zero-order valence-corrected chi connectivity index (χ0v) is 10.7. The molecule has 0 fully saturated rings. The van der Waals surface area contributed by atoms with Gasteiger partial charge in [-0.05, 0) is 19.1 Å². The highest BCUT2D eigenvalue weighted by Gasteiger charge is 2.40. The summed E-state index contributed by atoms with van der Waals surface area (Å²) in [5.41, 5.74) is -1.50. The van der Waals surface area contributed by atoms with Crippen LogP contribution in [0, 0.1) is 0 Å². The molecular weight excluding hydrogens is 287 g/mol. The molecule has 0 amide bonds. The van der Waals surface area contributed by atoms with Crippen LogP contribution in [0.1, 0.15) is 23.0 Å². The minimum Gasteiger partial charge on any atom is -0.460 e. The Bertz CT molecular complexity index is 833. The molecule has 108 valence electrons. The van der Waals surface area contributed by atoms with Gasteiger partial charge in [-0.3, -0.25) is 4.79 Å². The third-order valence-electron chi connectivity index (χ3n) is 2.97. The van der Waals surface area contributed by atoms with Gasteiger partial charge in [-0.15, -0.1) is 0 Å². The number of hydrogen-bond donors (Lipinski definition) is 0. The fraction of sp³-hybridized carbons (Fsp3) is 0.154. The summed E-state index contributed by atoms with van der Waals surface area (Å²) in [5.74, 6) is -0.836. The summed E-state index contributed by atoms with van der Waals surface area (Å²) in [6.07, 6.45) is -1.16. The van der Waals surface area contributed by atoms with Gasteiger partial charge < -0.3 is 4.42 Å². The maximum atomic E-state index is 13.2. The van der Waals surface area contributed by atoms with Crippen molar-refractivity contribution in [3.63, 3.8) is 0 Å². The highest BCUT2D eigenvalue weighted by molar-refractivity contribution is 5.95. The number of Topliss-reactive ketones (excluding diaryl/α,β-unsaturated/α-hetero) is 1. The van der Waals surface area contributed by atoms with Gasteiger partial charge in [0.25, 0.3) is 0 Å². The summed E-state index contributed by atoms with van der Waals surface area (Å²) in [6.45, 7) is 1.05. The molecule has 0 N–H and O–H groups in total. The molecule has 3 rings (SSSR count). The summed E-state index contributed by atoms with van der Waals surface area (Å²) in [4.78, 5) is 15.3. The number of aromatic nitrogens is 3. The predicted octanol–water partition coefficient (Wildman–Crippen LogP) is 3.23. The molecular formula is C13H8F3N3O2. The number of rotatable bonds is 2. The molecule has 0 aliphatic heterocycles. The summed E-state index contributed by atoms with van der Waals surface area (Å²) in [5, 5.41) is 4.25. The first-order valence-electron chi connectivity index (χ1n) is 5.88. The minimum absolute atomic E-state index is 0.114. The lowest BCUT2D eigenvalue weighted by Crippen LogP contribution is -2.17. The van der Waals surface area contributed by atoms with E-state index in [-0.39, 0.29) is 11.4 Å². The van der Waals surface area contributed by atoms with Crippen molar-refractivity contribution in [2.45, 2.75) is 13.1 Å². The number of carbonyl (C=O) groups is 1. The Labute approximate surface area is 116 Å². The summed E-state index contributed by atoms with van der Waals surface area (Å²) in [7, 11) is 0. The fourth-order valence-corrected chi connectivity index (χ4v) is 2.07. The lowest BCUT2D eigenvalue weighted by molar-refractivity contribution is -0.143. The number of furan rings is 1. The van der Waals surface area contributed by atoms with Crippen LogP contribution >= 0.6 is 0 Å². The number of fused-ring (bicyclic) bond motifs is 1. The van der Waals surface area contributed by atoms with Gasteiger partial charge in [-0.1, -0.05) is 0 Å². The van der Waals surface area contributed by atoms with Crippen molar-refractivity contribution >= 4 is 16.8 Å². The Morgan fingerprint density at radius 1 is 1.33 bits per heavy atom. The Morgan fingerprint density at radius 2 is 2.10 bits per heavy atom. The van der Waals surface area contributed by atoms with Crippen molar-refractivity contribution in [1.29, 1.82) is 0 Å². The van der Waals surface area contributed by atoms with E-state index < -0.39 is 23.2 Å². The molecule has 5 nitrogen and oxygen atoms in total. The van der Waals surface area contributed by atoms with Crippen molar-refractivity contribution in [3.8, 4) is 5.82 Å². The second-order valence-corrected chi connectivity index (χ2v) is 4.35. The Morgan fingerprint density at radius 3 is 2.76 bits per heavy atom. The first kappa shape index (κ1) is 13.3. The highest BCUT2D eigenvalue weighted by atomic mass is 19.4. The second kappa shape index (κ2) is 4.44. The third kappa shape index (κ3) is 2.08. The van der Waals surface area contributed by atoms with E-state index in [1.807, 2.05) is 0 Å². The van der Waals surface area contributed by atoms with Crippen LogP contribution in [0.3, 0.4) is 0 Å². The molecule has 3 aromatic rings. The summed E-state index contributed by atoms with van der Waals surface area (Å²) < 4.78 is 45.5. The largest absolute Gasteiger partial charge is 0.460 e. The molecule has 21 heavy (non-hydrogen) atoms. The fourth-order valence-electron chi connectivity index (χ4n) is 2.07. The van der Waals surface area contributed by atoms with Crippen LogP contribution in [0.4, 0.5) is 13.2 Å². The van der Waals surface area contributed by atoms with Crippen molar-refractivity contribution in [2.75, 3.05) is 0 Å². The molecule has 3 aromatic heterocycles. The van der Waals surface area contributed by atoms with Crippen LogP contribution in [0.15, 0.2) is 35.2 Å². The van der Waals surface area contributed by atoms with Gasteiger partial charge in [0.1, 0.15) is 0 Å². The van der Waals surface area contributed by atoms with Gasteiger partial charge in [0, 0.05) is 11.6 Å². The summed E-state index contributed by atoms with van der Waals surface area (Å²) >= 11 is 0. The third-order valence-corrected chi connectivity index (χ3v) is 2.97. The molecule has 0 saturated heterocycles. The van der Waals surface area contributed by atoms with Crippen LogP contribution in [-0.2, 0) is 6.18 Å². The number of nitrogens with zero attached hydrogens (tertiary/aromatic N) is 3. The molecule has 0 aliphatic carbocycles. The van der Waals surface area contributed by atoms with Gasteiger partial charge in [0.2, 0.25) is 0 Å². The number of hydrogen-bond acceptors (Lipinski definition) is 4. The number of halogens is 3. The van der Waals surface area contributed by atoms with Crippen LogP contribution in [-0.4, -0.2) is 20.5 Å². The molecule has 0 aromatic carbocycles. The van der Waals surface area contributed by atoms with Gasteiger partial charge in [-0.2, -0.15) is 18.3 Å². The lowest BCUT2D eigenvalue weighted by atomic mass is 10.2. The van der Waals surface area contributed by atoms with Crippen LogP contribution in [0.5, 0.6) is 0 Å². The average Bonchev–Trinajstić information content (AvgIpc) is 3.04. The SMILES string of the molecule is CC(=O)c1cnn(-c2nccc3ccoc23)c1C(F)(F)F. The Hall–Kier alpha value is -2.64. The highest BCUT2D eigenvalue weighted by Crippen LogP contribution is 2.34. The van der Waals surface area contributed by atoms with Gasteiger partial charge in [-0.25, -0.2) is 9.67 Å². The van der Waals surface area contributed by atoms with Crippen molar-refractivity contribution < 1.29 is 22.4 Å². The summed E-state index contributed by atoms with van der Waals surface area (Å²) in [6, 6.07) is 3.20. The normalized spacial score (nSPS) is 12.0. The van der Waals surface area contributed by atoms with Crippen molar-refractivity contribution in [1.82, 2.24) is 14.8 Å². The van der Waals surface area contributed by atoms with Crippen molar-refractivity contribution in [2.24, 2.45) is 0 Å². The maximum Gasteiger partial charge on any atom is 0.434 e. The van der Waals surface area contributed by atoms with E-state index in [4.69, 9.17) is 4.42 Å². The molecule has 3 heterocycles. The first-order valence-corrected chi connectivity index (χ1v) is 5.88. The van der Waals surface area contributed by atoms with Gasteiger partial charge >= 0.3 is 6.18 Å². The van der Waals surface area contributed by atoms with Gasteiger partial charge in [0.05, 0.1) is 18.0 Å². The Balaban J connectivity index is 2.33. The number of alkyl halides is 3. The molecule has 0 radical (unpaired) electrons. The number of ketones is 1. The van der Waals surface area contributed by atoms with E-state index >= 15 is 0 Å². The van der Waals surface area contributed by atoms with E-state index in [2.05, 4.69) is 10.1 Å². The van der Waals surface area contributed by atoms with E-state index in [9.17, 15) is 18.0 Å². The van der Waals surface area contributed by atoms with Gasteiger partial charge in [0.15, 0.2) is 22.9 Å². The Kier molecular flexibility index (Phi) is 2.82. The lowest BCUT2D eigenvalue weighted by Gasteiger charge is -2.11. The zero-order valence-electron chi connectivity index (χ0n) is 10.7. The monoisotopic (exact) mass is 295 g/mol. The quantitative estimate of drug-likeness (QED) is 0.681. The molecule has 0 atom stereocenters. The van der Waals surface area contributed by atoms with Crippen LogP contribution in [0.2, 0.25) is 0 Å². The molecule has 0 bridgehead atoms. The van der Waals surface area contributed by atoms with Crippen LogP contribution in [0.25, 0.3) is 16.8 Å². The topological polar surface area (TPSA) is 60.9 Å². The van der Waals surface area contributed by atoms with E-state index in [0.29, 0.717) is 10.1 Å². The van der Waals surface area contributed by atoms with E-state index in [1.165, 1.54) is 12.5 Å². The standard InChI is InChI=1S/C13H8F3N3O2/c1-7(20)9-6-18-19(11(9)13(14,15)16)12-10-8(2-4-17-12)3-5-21-10/h2-6H,1H3. The maximum absolute atomic E-state index is 13.2. The minimum atomic E-state index is -4.74. The average molecular weight is 295 g/mol. The second-order valence-electron chi connectivity index (χ2n) is 4.35. The first-order chi connectivity index (χ1) is 9.89. The van der Waals surface area contributed by atoms with Crippen molar-refractivity contribution in [3.05, 3.63) is 42.0 Å². The smallest absolute Gasteiger partial charge is 0.434 e.